The maximum atomic E-state index is 12.1. The summed E-state index contributed by atoms with van der Waals surface area (Å²) in [7, 11) is 1.60. The molecule has 0 unspecified atom stereocenters. The summed E-state index contributed by atoms with van der Waals surface area (Å²) in [4.78, 5) is 24.0. The van der Waals surface area contributed by atoms with E-state index in [2.05, 4.69) is 15.8 Å². The summed E-state index contributed by atoms with van der Waals surface area (Å²) in [6, 6.07) is 13.9. The minimum Gasteiger partial charge on any atom is -0.497 e. The Morgan fingerprint density at radius 2 is 1.62 bits per heavy atom. The Morgan fingerprint density at radius 1 is 1.00 bits per heavy atom. The van der Waals surface area contributed by atoms with E-state index in [1.165, 1.54) is 0 Å². The van der Waals surface area contributed by atoms with Crippen LogP contribution in [-0.2, 0) is 4.79 Å². The molecule has 0 saturated heterocycles. The molecule has 26 heavy (non-hydrogen) atoms. The molecule has 0 aliphatic rings. The van der Waals surface area contributed by atoms with Gasteiger partial charge in [0.15, 0.2) is 0 Å². The van der Waals surface area contributed by atoms with E-state index in [1.807, 2.05) is 45.0 Å². The lowest BCUT2D eigenvalue weighted by Gasteiger charge is -2.17. The molecule has 2 rings (SSSR count). The molecule has 0 atom stereocenters. The number of hydrogen-bond acceptors (Lipinski definition) is 4. The van der Waals surface area contributed by atoms with Gasteiger partial charge in [0.05, 0.1) is 13.3 Å². The van der Waals surface area contributed by atoms with Crippen LogP contribution in [0.15, 0.2) is 53.6 Å². The number of benzene rings is 2. The number of carbonyl (C=O) groups excluding carboxylic acids is 2. The van der Waals surface area contributed by atoms with Gasteiger partial charge in [-0.15, -0.1) is 0 Å². The van der Waals surface area contributed by atoms with Gasteiger partial charge in [0.1, 0.15) is 5.75 Å². The lowest BCUT2D eigenvalue weighted by molar-refractivity contribution is -0.123. The zero-order valence-electron chi connectivity index (χ0n) is 15.4. The normalized spacial score (nSPS) is 11.2. The molecule has 6 heteroatoms. The topological polar surface area (TPSA) is 79.8 Å². The Labute approximate surface area is 153 Å². The number of anilines is 1. The van der Waals surface area contributed by atoms with E-state index in [-0.39, 0.29) is 11.8 Å². The molecule has 6 nitrogen and oxygen atoms in total. The number of rotatable bonds is 5. The fourth-order valence-electron chi connectivity index (χ4n) is 1.94. The van der Waals surface area contributed by atoms with Crippen LogP contribution in [-0.4, -0.2) is 25.1 Å². The molecular formula is C20H23N3O3. The van der Waals surface area contributed by atoms with E-state index < -0.39 is 5.41 Å². The molecule has 0 bridgehead atoms. The van der Waals surface area contributed by atoms with Crippen LogP contribution in [0.2, 0.25) is 0 Å². The van der Waals surface area contributed by atoms with E-state index in [1.54, 1.807) is 37.6 Å². The first-order valence-corrected chi connectivity index (χ1v) is 8.18. The molecule has 0 aliphatic heterocycles. The van der Waals surface area contributed by atoms with Gasteiger partial charge >= 0.3 is 0 Å². The minimum absolute atomic E-state index is 0.0845. The molecule has 0 spiro atoms. The number of hydrogen-bond donors (Lipinski definition) is 2. The number of carbonyl (C=O) groups is 2. The van der Waals surface area contributed by atoms with Crippen LogP contribution in [0.25, 0.3) is 0 Å². The molecule has 0 saturated carbocycles. The third-order valence-corrected chi connectivity index (χ3v) is 3.58. The Bertz CT molecular complexity index is 789. The molecule has 0 aromatic heterocycles. The number of hydrazone groups is 1. The Balaban J connectivity index is 1.92. The van der Waals surface area contributed by atoms with Crippen LogP contribution < -0.4 is 15.5 Å². The molecule has 0 heterocycles. The highest BCUT2D eigenvalue weighted by Crippen LogP contribution is 2.17. The fraction of sp³-hybridized carbons (Fsp3) is 0.250. The Hall–Kier alpha value is -3.15. The summed E-state index contributed by atoms with van der Waals surface area (Å²) in [6.07, 6.45) is 1.55. The molecule has 0 fully saturated rings. The summed E-state index contributed by atoms with van der Waals surface area (Å²) < 4.78 is 5.08. The van der Waals surface area contributed by atoms with Crippen molar-refractivity contribution < 1.29 is 14.3 Å². The average molecular weight is 353 g/mol. The van der Waals surface area contributed by atoms with Gasteiger partial charge in [-0.1, -0.05) is 20.8 Å². The number of nitrogens with one attached hydrogen (secondary N) is 2. The maximum Gasteiger partial charge on any atom is 0.271 e. The van der Waals surface area contributed by atoms with Crippen molar-refractivity contribution in [1.29, 1.82) is 0 Å². The first-order valence-electron chi connectivity index (χ1n) is 8.18. The smallest absolute Gasteiger partial charge is 0.271 e. The van der Waals surface area contributed by atoms with Crippen molar-refractivity contribution in [1.82, 2.24) is 5.43 Å². The highest BCUT2D eigenvalue weighted by Gasteiger charge is 2.21. The van der Waals surface area contributed by atoms with E-state index in [4.69, 9.17) is 4.74 Å². The second kappa shape index (κ2) is 8.29. The van der Waals surface area contributed by atoms with Crippen LogP contribution in [0, 0.1) is 5.41 Å². The molecule has 2 amide bonds. The number of amides is 2. The van der Waals surface area contributed by atoms with E-state index in [0.717, 1.165) is 11.3 Å². The summed E-state index contributed by atoms with van der Waals surface area (Å²) in [6.45, 7) is 5.51. The van der Waals surface area contributed by atoms with Crippen LogP contribution in [0.5, 0.6) is 5.75 Å². The Morgan fingerprint density at radius 3 is 2.15 bits per heavy atom. The van der Waals surface area contributed by atoms with Crippen molar-refractivity contribution in [2.75, 3.05) is 12.4 Å². The van der Waals surface area contributed by atoms with Gasteiger partial charge in [-0.3, -0.25) is 9.59 Å². The molecular weight excluding hydrogens is 330 g/mol. The lowest BCUT2D eigenvalue weighted by atomic mass is 9.95. The monoisotopic (exact) mass is 353 g/mol. The quantitative estimate of drug-likeness (QED) is 0.638. The average Bonchev–Trinajstić information content (AvgIpc) is 2.62. The molecule has 2 aromatic carbocycles. The first kappa shape index (κ1) is 19.2. The second-order valence-corrected chi connectivity index (χ2v) is 6.75. The minimum atomic E-state index is -0.480. The number of methoxy groups -OCH3 is 1. The van der Waals surface area contributed by atoms with Gasteiger partial charge in [0, 0.05) is 16.7 Å². The SMILES string of the molecule is COc1ccc(/C=N\NC(=O)c2ccc(NC(=O)C(C)(C)C)cc2)cc1. The summed E-state index contributed by atoms with van der Waals surface area (Å²) in [5, 5.41) is 6.75. The van der Waals surface area contributed by atoms with E-state index in [9.17, 15) is 9.59 Å². The third kappa shape index (κ3) is 5.44. The van der Waals surface area contributed by atoms with Crippen LogP contribution in [0.1, 0.15) is 36.7 Å². The second-order valence-electron chi connectivity index (χ2n) is 6.75. The van der Waals surface area contributed by atoms with Crippen molar-refractivity contribution in [3.05, 3.63) is 59.7 Å². The molecule has 2 N–H and O–H groups in total. The summed E-state index contributed by atoms with van der Waals surface area (Å²) in [5.41, 5.74) is 3.92. The van der Waals surface area contributed by atoms with Crippen LogP contribution >= 0.6 is 0 Å². The fourth-order valence-corrected chi connectivity index (χ4v) is 1.94. The lowest BCUT2D eigenvalue weighted by Crippen LogP contribution is -2.27. The van der Waals surface area contributed by atoms with Gasteiger partial charge in [0.2, 0.25) is 5.91 Å². The van der Waals surface area contributed by atoms with Crippen molar-refractivity contribution in [3.8, 4) is 5.75 Å². The summed E-state index contributed by atoms with van der Waals surface area (Å²) >= 11 is 0. The Kier molecular flexibility index (Phi) is 6.11. The van der Waals surface area contributed by atoms with E-state index in [0.29, 0.717) is 11.3 Å². The first-order chi connectivity index (χ1) is 12.3. The molecule has 2 aromatic rings. The van der Waals surface area contributed by atoms with Gasteiger partial charge in [-0.2, -0.15) is 5.10 Å². The highest BCUT2D eigenvalue weighted by atomic mass is 16.5. The van der Waals surface area contributed by atoms with Crippen molar-refractivity contribution >= 4 is 23.7 Å². The predicted molar refractivity (Wildman–Crippen MR) is 103 cm³/mol. The van der Waals surface area contributed by atoms with Crippen LogP contribution in [0.4, 0.5) is 5.69 Å². The third-order valence-electron chi connectivity index (χ3n) is 3.58. The predicted octanol–water partition coefficient (Wildman–Crippen LogP) is 3.44. The van der Waals surface area contributed by atoms with Gasteiger partial charge in [0.25, 0.3) is 5.91 Å². The van der Waals surface area contributed by atoms with Gasteiger partial charge in [-0.25, -0.2) is 5.43 Å². The van der Waals surface area contributed by atoms with Crippen molar-refractivity contribution in [2.45, 2.75) is 20.8 Å². The molecule has 0 radical (unpaired) electrons. The zero-order chi connectivity index (χ0) is 19.2. The highest BCUT2D eigenvalue weighted by molar-refractivity contribution is 5.97. The number of ether oxygens (including phenoxy) is 1. The largest absolute Gasteiger partial charge is 0.497 e. The van der Waals surface area contributed by atoms with Gasteiger partial charge in [-0.05, 0) is 54.1 Å². The standard InChI is InChI=1S/C20H23N3O3/c1-20(2,3)19(25)22-16-9-7-15(8-10-16)18(24)23-21-13-14-5-11-17(26-4)12-6-14/h5-13H,1-4H3,(H,22,25)(H,23,24)/b21-13-. The van der Waals surface area contributed by atoms with Crippen LogP contribution in [0.3, 0.4) is 0 Å². The zero-order valence-corrected chi connectivity index (χ0v) is 15.4. The van der Waals surface area contributed by atoms with Gasteiger partial charge < -0.3 is 10.1 Å². The molecule has 136 valence electrons. The van der Waals surface area contributed by atoms with Crippen molar-refractivity contribution in [2.24, 2.45) is 10.5 Å². The maximum absolute atomic E-state index is 12.1. The molecule has 0 aliphatic carbocycles. The van der Waals surface area contributed by atoms with Crippen molar-refractivity contribution in [3.63, 3.8) is 0 Å². The summed E-state index contributed by atoms with van der Waals surface area (Å²) in [5.74, 6) is 0.340. The number of nitrogens with zero attached hydrogens (tertiary/aromatic N) is 1. The van der Waals surface area contributed by atoms with E-state index >= 15 is 0 Å².